The molecule has 0 unspecified atom stereocenters. The number of esters is 1. The van der Waals surface area contributed by atoms with Crippen molar-refractivity contribution >= 4 is 16.1 Å². The molecular formula is C21H18O5S. The van der Waals surface area contributed by atoms with Gasteiger partial charge in [0.15, 0.2) is 0 Å². The first-order valence-electron chi connectivity index (χ1n) is 8.22. The van der Waals surface area contributed by atoms with Gasteiger partial charge in [-0.05, 0) is 41.0 Å². The van der Waals surface area contributed by atoms with Crippen molar-refractivity contribution < 1.29 is 22.1 Å². The molecule has 0 N–H and O–H groups in total. The van der Waals surface area contributed by atoms with Gasteiger partial charge in [-0.1, -0.05) is 54.6 Å². The smallest absolute Gasteiger partial charge is 0.337 e. The van der Waals surface area contributed by atoms with Crippen LogP contribution in [-0.2, 0) is 25.6 Å². The van der Waals surface area contributed by atoms with Crippen LogP contribution in [0.3, 0.4) is 0 Å². The minimum absolute atomic E-state index is 0.0558. The van der Waals surface area contributed by atoms with E-state index in [1.807, 2.05) is 18.2 Å². The van der Waals surface area contributed by atoms with Gasteiger partial charge in [-0.3, -0.25) is 4.18 Å². The van der Waals surface area contributed by atoms with E-state index < -0.39 is 16.1 Å². The summed E-state index contributed by atoms with van der Waals surface area (Å²) in [4.78, 5) is 11.8. The highest BCUT2D eigenvalue weighted by Crippen LogP contribution is 2.22. The highest BCUT2D eigenvalue weighted by atomic mass is 32.2. The molecule has 6 heteroatoms. The second kappa shape index (κ2) is 8.16. The molecule has 138 valence electrons. The Bertz CT molecular complexity index is 1030. The zero-order valence-corrected chi connectivity index (χ0v) is 15.5. The van der Waals surface area contributed by atoms with Gasteiger partial charge < -0.3 is 4.74 Å². The minimum atomic E-state index is -3.79. The Morgan fingerprint density at radius 3 is 2.22 bits per heavy atom. The molecule has 5 nitrogen and oxygen atoms in total. The molecule has 0 aliphatic heterocycles. The Labute approximate surface area is 158 Å². The third kappa shape index (κ3) is 4.61. The molecule has 0 saturated carbocycles. The van der Waals surface area contributed by atoms with Crippen LogP contribution in [0.2, 0.25) is 0 Å². The maximum atomic E-state index is 12.2. The molecule has 0 spiro atoms. The topological polar surface area (TPSA) is 69.7 Å². The summed E-state index contributed by atoms with van der Waals surface area (Å²) in [6.07, 6.45) is 0. The van der Waals surface area contributed by atoms with E-state index in [1.165, 1.54) is 19.2 Å². The lowest BCUT2D eigenvalue weighted by Crippen LogP contribution is -2.06. The van der Waals surface area contributed by atoms with Crippen LogP contribution < -0.4 is 0 Å². The van der Waals surface area contributed by atoms with Gasteiger partial charge in [0, 0.05) is 0 Å². The lowest BCUT2D eigenvalue weighted by Gasteiger charge is -2.08. The lowest BCUT2D eigenvalue weighted by atomic mass is 10.0. The second-order valence-electron chi connectivity index (χ2n) is 5.80. The van der Waals surface area contributed by atoms with Crippen LogP contribution in [0.25, 0.3) is 11.1 Å². The molecule has 0 bridgehead atoms. The second-order valence-corrected chi connectivity index (χ2v) is 7.41. The molecule has 0 aliphatic rings. The van der Waals surface area contributed by atoms with Crippen molar-refractivity contribution in [3.05, 3.63) is 90.0 Å². The number of ether oxygens (including phenoxy) is 1. The molecule has 3 aromatic rings. The molecule has 0 radical (unpaired) electrons. The van der Waals surface area contributed by atoms with Crippen LogP contribution in [-0.4, -0.2) is 21.5 Å². The van der Waals surface area contributed by atoms with Crippen LogP contribution in [0.5, 0.6) is 0 Å². The fraction of sp³-hybridized carbons (Fsp3) is 0.0952. The van der Waals surface area contributed by atoms with E-state index in [9.17, 15) is 13.2 Å². The molecule has 3 aromatic carbocycles. The van der Waals surface area contributed by atoms with Gasteiger partial charge in [0.25, 0.3) is 10.1 Å². The van der Waals surface area contributed by atoms with Crippen LogP contribution in [0.4, 0.5) is 0 Å². The summed E-state index contributed by atoms with van der Waals surface area (Å²) in [6, 6.07) is 22.4. The summed E-state index contributed by atoms with van der Waals surface area (Å²) in [5.41, 5.74) is 2.96. The first-order valence-corrected chi connectivity index (χ1v) is 9.62. The first-order chi connectivity index (χ1) is 13.0. The highest BCUT2D eigenvalue weighted by molar-refractivity contribution is 7.86. The van der Waals surface area contributed by atoms with Crippen molar-refractivity contribution in [1.82, 2.24) is 0 Å². The third-order valence-electron chi connectivity index (χ3n) is 3.98. The summed E-state index contributed by atoms with van der Waals surface area (Å²) in [5.74, 6) is -0.395. The average Bonchev–Trinajstić information content (AvgIpc) is 2.73. The van der Waals surface area contributed by atoms with Crippen LogP contribution in [0, 0.1) is 0 Å². The predicted molar refractivity (Wildman–Crippen MR) is 102 cm³/mol. The highest BCUT2D eigenvalue weighted by Gasteiger charge is 2.14. The fourth-order valence-electron chi connectivity index (χ4n) is 2.54. The van der Waals surface area contributed by atoms with Crippen molar-refractivity contribution in [2.24, 2.45) is 0 Å². The fourth-order valence-corrected chi connectivity index (χ4v) is 3.46. The third-order valence-corrected chi connectivity index (χ3v) is 5.26. The Hall–Kier alpha value is -2.96. The van der Waals surface area contributed by atoms with Gasteiger partial charge >= 0.3 is 5.97 Å². The molecule has 3 rings (SSSR count). The Kier molecular flexibility index (Phi) is 5.69. The molecule has 0 fully saturated rings. The van der Waals surface area contributed by atoms with Crippen molar-refractivity contribution in [3.63, 3.8) is 0 Å². The monoisotopic (exact) mass is 382 g/mol. The first kappa shape index (κ1) is 18.8. The van der Waals surface area contributed by atoms with Gasteiger partial charge in [0.2, 0.25) is 0 Å². The average molecular weight is 382 g/mol. The molecule has 27 heavy (non-hydrogen) atoms. The number of benzene rings is 3. The molecule has 0 aromatic heterocycles. The normalized spacial score (nSPS) is 11.1. The van der Waals surface area contributed by atoms with E-state index in [4.69, 9.17) is 8.92 Å². The van der Waals surface area contributed by atoms with Crippen molar-refractivity contribution in [2.45, 2.75) is 11.5 Å². The number of rotatable bonds is 6. The zero-order valence-electron chi connectivity index (χ0n) is 14.7. The summed E-state index contributed by atoms with van der Waals surface area (Å²) in [7, 11) is -2.45. The van der Waals surface area contributed by atoms with Crippen molar-refractivity contribution in [3.8, 4) is 11.1 Å². The van der Waals surface area contributed by atoms with Crippen LogP contribution in [0.1, 0.15) is 15.9 Å². The summed E-state index contributed by atoms with van der Waals surface area (Å²) in [5, 5.41) is 0. The van der Waals surface area contributed by atoms with E-state index in [0.717, 1.165) is 16.7 Å². The number of carbonyl (C=O) groups is 1. The molecular weight excluding hydrogens is 364 g/mol. The Morgan fingerprint density at radius 2 is 1.56 bits per heavy atom. The van der Waals surface area contributed by atoms with E-state index in [0.29, 0.717) is 5.56 Å². The SMILES string of the molecule is COC(=O)c1cccc(-c2ccc(COS(=O)(=O)c3ccccc3)cc2)c1. The van der Waals surface area contributed by atoms with Crippen molar-refractivity contribution in [1.29, 1.82) is 0 Å². The number of carbonyl (C=O) groups excluding carboxylic acids is 1. The van der Waals surface area contributed by atoms with E-state index in [1.54, 1.807) is 48.5 Å². The van der Waals surface area contributed by atoms with Crippen LogP contribution >= 0.6 is 0 Å². The molecule has 0 amide bonds. The minimum Gasteiger partial charge on any atom is -0.465 e. The quantitative estimate of drug-likeness (QED) is 0.475. The standard InChI is InChI=1S/C21H18O5S/c1-25-21(22)19-7-5-6-18(14-19)17-12-10-16(11-13-17)15-26-27(23,24)20-8-3-2-4-9-20/h2-14H,15H2,1H3. The zero-order chi connectivity index (χ0) is 19.3. The molecule has 0 saturated heterocycles. The number of methoxy groups -OCH3 is 1. The molecule has 0 heterocycles. The van der Waals surface area contributed by atoms with Gasteiger partial charge in [-0.2, -0.15) is 8.42 Å². The van der Waals surface area contributed by atoms with Gasteiger partial charge in [-0.15, -0.1) is 0 Å². The van der Waals surface area contributed by atoms with Crippen LogP contribution in [0.15, 0.2) is 83.8 Å². The molecule has 0 aliphatic carbocycles. The van der Waals surface area contributed by atoms with Gasteiger partial charge in [0.05, 0.1) is 24.2 Å². The Morgan fingerprint density at radius 1 is 0.852 bits per heavy atom. The number of hydrogen-bond donors (Lipinski definition) is 0. The van der Waals surface area contributed by atoms with E-state index in [-0.39, 0.29) is 11.5 Å². The largest absolute Gasteiger partial charge is 0.465 e. The van der Waals surface area contributed by atoms with E-state index >= 15 is 0 Å². The maximum Gasteiger partial charge on any atom is 0.337 e. The van der Waals surface area contributed by atoms with Gasteiger partial charge in [0.1, 0.15) is 0 Å². The summed E-state index contributed by atoms with van der Waals surface area (Å²) in [6.45, 7) is -0.0558. The van der Waals surface area contributed by atoms with E-state index in [2.05, 4.69) is 0 Å². The Balaban J connectivity index is 1.72. The molecule has 0 atom stereocenters. The maximum absolute atomic E-state index is 12.2. The number of hydrogen-bond acceptors (Lipinski definition) is 5. The lowest BCUT2D eigenvalue weighted by molar-refractivity contribution is 0.0600. The summed E-state index contributed by atoms with van der Waals surface area (Å²) < 4.78 is 34.2. The predicted octanol–water partition coefficient (Wildman–Crippen LogP) is 4.05. The summed E-state index contributed by atoms with van der Waals surface area (Å²) >= 11 is 0. The van der Waals surface area contributed by atoms with Gasteiger partial charge in [-0.25, -0.2) is 4.79 Å². The van der Waals surface area contributed by atoms with Crippen molar-refractivity contribution in [2.75, 3.05) is 7.11 Å².